The van der Waals surface area contributed by atoms with Crippen LogP contribution in [-0.4, -0.2) is 13.0 Å². The summed E-state index contributed by atoms with van der Waals surface area (Å²) in [6.45, 7) is 2.01. The fraction of sp³-hybridized carbons (Fsp3) is 0.174. The van der Waals surface area contributed by atoms with Gasteiger partial charge >= 0.3 is 0 Å². The summed E-state index contributed by atoms with van der Waals surface area (Å²) in [5.41, 5.74) is 2.71. The molecule has 0 saturated heterocycles. The molecule has 1 amide bonds. The molecule has 1 heterocycles. The van der Waals surface area contributed by atoms with Crippen molar-refractivity contribution in [3.8, 4) is 5.75 Å². The zero-order chi connectivity index (χ0) is 18.8. The van der Waals surface area contributed by atoms with Crippen LogP contribution in [0.15, 0.2) is 71.3 Å². The Kier molecular flexibility index (Phi) is 4.55. The number of amides is 1. The van der Waals surface area contributed by atoms with Gasteiger partial charge in [0.2, 0.25) is 5.91 Å². The first-order valence-corrected chi connectivity index (χ1v) is 8.97. The number of carbonyl (C=O) groups excluding carboxylic acids is 1. The third kappa shape index (κ3) is 3.38. The summed E-state index contributed by atoms with van der Waals surface area (Å²) in [7, 11) is 1.62. The Hall–Kier alpha value is -3.27. The molecule has 136 valence electrons. The molecule has 1 N–H and O–H groups in total. The van der Waals surface area contributed by atoms with Crippen molar-refractivity contribution in [3.05, 3.63) is 78.1 Å². The van der Waals surface area contributed by atoms with Gasteiger partial charge in [0.25, 0.3) is 0 Å². The topological polar surface area (TPSA) is 51.5 Å². The summed E-state index contributed by atoms with van der Waals surface area (Å²) in [6, 6.07) is 19.9. The molecule has 3 aromatic carbocycles. The number of hydrogen-bond donors (Lipinski definition) is 1. The van der Waals surface area contributed by atoms with E-state index in [0.717, 1.165) is 33.2 Å². The van der Waals surface area contributed by atoms with Crippen LogP contribution in [-0.2, 0) is 11.2 Å². The largest absolute Gasteiger partial charge is 0.497 e. The number of rotatable bonds is 5. The van der Waals surface area contributed by atoms with Crippen molar-refractivity contribution in [2.75, 3.05) is 7.11 Å². The first-order valence-electron chi connectivity index (χ1n) is 8.97. The van der Waals surface area contributed by atoms with Crippen molar-refractivity contribution < 1.29 is 13.9 Å². The number of fused-ring (bicyclic) bond motifs is 2. The van der Waals surface area contributed by atoms with Crippen LogP contribution < -0.4 is 10.1 Å². The molecule has 4 heteroatoms. The summed E-state index contributed by atoms with van der Waals surface area (Å²) < 4.78 is 10.8. The maximum Gasteiger partial charge on any atom is 0.225 e. The fourth-order valence-corrected chi connectivity index (χ4v) is 3.50. The van der Waals surface area contributed by atoms with E-state index in [1.54, 1.807) is 13.4 Å². The van der Waals surface area contributed by atoms with Crippen LogP contribution >= 0.6 is 0 Å². The number of furan rings is 1. The molecule has 4 nitrogen and oxygen atoms in total. The molecular weight excluding hydrogens is 338 g/mol. The van der Waals surface area contributed by atoms with Gasteiger partial charge in [0.05, 0.1) is 25.8 Å². The maximum absolute atomic E-state index is 12.6. The van der Waals surface area contributed by atoms with Crippen LogP contribution in [0.2, 0.25) is 0 Å². The Morgan fingerprint density at radius 1 is 1.07 bits per heavy atom. The highest BCUT2D eigenvalue weighted by Crippen LogP contribution is 2.27. The third-order valence-electron chi connectivity index (χ3n) is 4.88. The Morgan fingerprint density at radius 3 is 2.74 bits per heavy atom. The number of methoxy groups -OCH3 is 1. The summed E-state index contributed by atoms with van der Waals surface area (Å²) >= 11 is 0. The molecule has 0 bridgehead atoms. The van der Waals surface area contributed by atoms with Gasteiger partial charge in [-0.25, -0.2) is 0 Å². The van der Waals surface area contributed by atoms with Crippen molar-refractivity contribution in [3.63, 3.8) is 0 Å². The fourth-order valence-electron chi connectivity index (χ4n) is 3.50. The number of benzene rings is 3. The van der Waals surface area contributed by atoms with E-state index in [9.17, 15) is 4.79 Å². The van der Waals surface area contributed by atoms with Crippen molar-refractivity contribution in [1.29, 1.82) is 0 Å². The van der Waals surface area contributed by atoms with E-state index in [4.69, 9.17) is 9.15 Å². The second kappa shape index (κ2) is 7.16. The van der Waals surface area contributed by atoms with E-state index in [-0.39, 0.29) is 18.4 Å². The van der Waals surface area contributed by atoms with Gasteiger partial charge in [-0.1, -0.05) is 42.5 Å². The first kappa shape index (κ1) is 17.2. The highest BCUT2D eigenvalue weighted by molar-refractivity contribution is 5.89. The van der Waals surface area contributed by atoms with E-state index in [1.807, 2.05) is 43.3 Å². The minimum atomic E-state index is -0.0816. The molecule has 4 aromatic rings. The van der Waals surface area contributed by atoms with Gasteiger partial charge in [-0.3, -0.25) is 4.79 Å². The predicted octanol–water partition coefficient (Wildman–Crippen LogP) is 5.01. The van der Waals surface area contributed by atoms with Crippen molar-refractivity contribution in [2.24, 2.45) is 0 Å². The van der Waals surface area contributed by atoms with Crippen molar-refractivity contribution >= 4 is 27.6 Å². The highest BCUT2D eigenvalue weighted by Gasteiger charge is 2.15. The van der Waals surface area contributed by atoms with Gasteiger partial charge in [-0.2, -0.15) is 0 Å². The third-order valence-corrected chi connectivity index (χ3v) is 4.88. The number of hydrogen-bond acceptors (Lipinski definition) is 3. The molecule has 1 atom stereocenters. The quantitative estimate of drug-likeness (QED) is 0.545. The summed E-state index contributed by atoms with van der Waals surface area (Å²) in [5, 5.41) is 6.38. The minimum Gasteiger partial charge on any atom is -0.497 e. The lowest BCUT2D eigenvalue weighted by atomic mass is 9.99. The Labute approximate surface area is 157 Å². The van der Waals surface area contributed by atoms with Gasteiger partial charge in [0.1, 0.15) is 11.3 Å². The number of carbonyl (C=O) groups is 1. The SMILES string of the molecule is COc1ccc2c(CC(=O)NC(C)c3cccc4ccccc34)coc2c1. The second-order valence-electron chi connectivity index (χ2n) is 6.66. The average molecular weight is 359 g/mol. The number of ether oxygens (including phenoxy) is 1. The lowest BCUT2D eigenvalue weighted by Gasteiger charge is -2.16. The van der Waals surface area contributed by atoms with Crippen LogP contribution in [0.4, 0.5) is 0 Å². The maximum atomic E-state index is 12.6. The molecule has 0 aliphatic heterocycles. The Morgan fingerprint density at radius 2 is 1.89 bits per heavy atom. The predicted molar refractivity (Wildman–Crippen MR) is 107 cm³/mol. The summed E-state index contributed by atoms with van der Waals surface area (Å²) in [5.74, 6) is 0.700. The lowest BCUT2D eigenvalue weighted by molar-refractivity contribution is -0.121. The molecule has 27 heavy (non-hydrogen) atoms. The zero-order valence-corrected chi connectivity index (χ0v) is 15.4. The van der Waals surface area contributed by atoms with Gasteiger partial charge in [0.15, 0.2) is 0 Å². The molecule has 0 saturated carbocycles. The van der Waals surface area contributed by atoms with Gasteiger partial charge in [-0.15, -0.1) is 0 Å². The molecule has 0 aliphatic rings. The highest BCUT2D eigenvalue weighted by atomic mass is 16.5. The molecule has 0 fully saturated rings. The summed E-state index contributed by atoms with van der Waals surface area (Å²) in [4.78, 5) is 12.6. The normalized spacial score (nSPS) is 12.2. The van der Waals surface area contributed by atoms with Crippen LogP contribution in [0.1, 0.15) is 24.1 Å². The van der Waals surface area contributed by atoms with E-state index in [1.165, 1.54) is 5.39 Å². The number of nitrogens with one attached hydrogen (secondary N) is 1. The Bertz CT molecular complexity index is 1110. The van der Waals surface area contributed by atoms with Gasteiger partial charge in [-0.05, 0) is 35.4 Å². The average Bonchev–Trinajstić information content (AvgIpc) is 3.09. The van der Waals surface area contributed by atoms with E-state index >= 15 is 0 Å². The standard InChI is InChI=1S/C23H21NO3/c1-15(19-9-5-7-16-6-3-4-8-20(16)19)24-23(25)12-17-14-27-22-13-18(26-2)10-11-21(17)22/h3-11,13-15H,12H2,1-2H3,(H,24,25). The smallest absolute Gasteiger partial charge is 0.225 e. The van der Waals surface area contributed by atoms with E-state index < -0.39 is 0 Å². The van der Waals surface area contributed by atoms with Crippen molar-refractivity contribution in [2.45, 2.75) is 19.4 Å². The van der Waals surface area contributed by atoms with Crippen LogP contribution in [0.3, 0.4) is 0 Å². The van der Waals surface area contributed by atoms with Crippen LogP contribution in [0.25, 0.3) is 21.7 Å². The lowest BCUT2D eigenvalue weighted by Crippen LogP contribution is -2.28. The second-order valence-corrected chi connectivity index (χ2v) is 6.66. The van der Waals surface area contributed by atoms with Crippen LogP contribution in [0.5, 0.6) is 5.75 Å². The molecule has 4 rings (SSSR count). The molecule has 1 unspecified atom stereocenters. The van der Waals surface area contributed by atoms with E-state index in [0.29, 0.717) is 0 Å². The zero-order valence-electron chi connectivity index (χ0n) is 15.4. The molecule has 0 radical (unpaired) electrons. The minimum absolute atomic E-state index is 0.0334. The monoisotopic (exact) mass is 359 g/mol. The van der Waals surface area contributed by atoms with Crippen LogP contribution in [0, 0.1) is 0 Å². The first-order chi connectivity index (χ1) is 13.2. The molecular formula is C23H21NO3. The van der Waals surface area contributed by atoms with Gasteiger partial charge < -0.3 is 14.5 Å². The molecule has 0 spiro atoms. The van der Waals surface area contributed by atoms with Gasteiger partial charge in [0, 0.05) is 17.0 Å². The Balaban J connectivity index is 1.52. The van der Waals surface area contributed by atoms with E-state index in [2.05, 4.69) is 29.6 Å². The molecule has 0 aliphatic carbocycles. The summed E-state index contributed by atoms with van der Waals surface area (Å²) in [6.07, 6.45) is 1.92. The molecule has 1 aromatic heterocycles. The van der Waals surface area contributed by atoms with Crippen molar-refractivity contribution in [1.82, 2.24) is 5.32 Å².